The fourth-order valence-electron chi connectivity index (χ4n) is 3.16. The van der Waals surface area contributed by atoms with Gasteiger partial charge in [0.25, 0.3) is 0 Å². The average Bonchev–Trinajstić information content (AvgIpc) is 3.30. The van der Waals surface area contributed by atoms with E-state index in [4.69, 9.17) is 19.0 Å². The predicted octanol–water partition coefficient (Wildman–Crippen LogP) is 1.58. The van der Waals surface area contributed by atoms with E-state index in [1.807, 2.05) is 6.07 Å². The summed E-state index contributed by atoms with van der Waals surface area (Å²) in [7, 11) is 0. The number of aromatic nitrogens is 1. The van der Waals surface area contributed by atoms with Crippen LogP contribution in [-0.2, 0) is 22.4 Å². The molecule has 24 heavy (non-hydrogen) atoms. The minimum atomic E-state index is 0.127. The molecular weight excluding hydrogens is 308 g/mol. The molecule has 7 nitrogen and oxygen atoms in total. The van der Waals surface area contributed by atoms with Gasteiger partial charge < -0.3 is 24.2 Å². The molecule has 0 aliphatic carbocycles. The van der Waals surface area contributed by atoms with Gasteiger partial charge in [-0.15, -0.1) is 0 Å². The SMILES string of the molecule is CCNC(=NCc1cc(CC)no1)N1CCOC(C2CCCO2)C1. The number of aliphatic imine (C=N–C) groups is 1. The van der Waals surface area contributed by atoms with Crippen molar-refractivity contribution in [2.24, 2.45) is 4.99 Å². The molecule has 2 atom stereocenters. The van der Waals surface area contributed by atoms with E-state index in [1.54, 1.807) is 0 Å². The van der Waals surface area contributed by atoms with Crippen molar-refractivity contribution in [2.75, 3.05) is 32.8 Å². The monoisotopic (exact) mass is 336 g/mol. The molecule has 2 unspecified atom stereocenters. The largest absolute Gasteiger partial charge is 0.375 e. The van der Waals surface area contributed by atoms with E-state index >= 15 is 0 Å². The van der Waals surface area contributed by atoms with Gasteiger partial charge in [0.2, 0.25) is 0 Å². The standard InChI is InChI=1S/C17H28N4O3/c1-3-13-10-14(24-20-13)11-19-17(18-4-2)21-7-9-23-16(12-21)15-6-5-8-22-15/h10,15-16H,3-9,11-12H2,1-2H3,(H,18,19). The molecule has 134 valence electrons. The van der Waals surface area contributed by atoms with Crippen molar-refractivity contribution in [1.82, 2.24) is 15.4 Å². The first-order valence-corrected chi connectivity index (χ1v) is 9.01. The average molecular weight is 336 g/mol. The van der Waals surface area contributed by atoms with Crippen molar-refractivity contribution >= 4 is 5.96 Å². The maximum absolute atomic E-state index is 5.92. The van der Waals surface area contributed by atoms with Crippen molar-refractivity contribution in [3.8, 4) is 0 Å². The van der Waals surface area contributed by atoms with Gasteiger partial charge in [-0.1, -0.05) is 12.1 Å². The molecule has 2 saturated heterocycles. The van der Waals surface area contributed by atoms with Crippen LogP contribution in [0.2, 0.25) is 0 Å². The van der Waals surface area contributed by atoms with Crippen molar-refractivity contribution < 1.29 is 14.0 Å². The highest BCUT2D eigenvalue weighted by atomic mass is 16.5. The molecule has 1 aromatic rings. The summed E-state index contributed by atoms with van der Waals surface area (Å²) in [5.74, 6) is 1.70. The van der Waals surface area contributed by atoms with Gasteiger partial charge in [-0.2, -0.15) is 0 Å². The highest BCUT2D eigenvalue weighted by Gasteiger charge is 2.32. The molecule has 0 saturated carbocycles. The number of aryl methyl sites for hydroxylation is 1. The van der Waals surface area contributed by atoms with E-state index in [-0.39, 0.29) is 12.2 Å². The summed E-state index contributed by atoms with van der Waals surface area (Å²) >= 11 is 0. The van der Waals surface area contributed by atoms with Gasteiger partial charge in [-0.3, -0.25) is 0 Å². The van der Waals surface area contributed by atoms with Crippen molar-refractivity contribution in [1.29, 1.82) is 0 Å². The zero-order valence-electron chi connectivity index (χ0n) is 14.7. The normalized spacial score (nSPS) is 25.2. The number of nitrogens with one attached hydrogen (secondary N) is 1. The van der Waals surface area contributed by atoms with E-state index in [9.17, 15) is 0 Å². The zero-order chi connectivity index (χ0) is 16.8. The first-order valence-electron chi connectivity index (χ1n) is 9.01. The van der Waals surface area contributed by atoms with Gasteiger partial charge in [0, 0.05) is 32.3 Å². The smallest absolute Gasteiger partial charge is 0.194 e. The summed E-state index contributed by atoms with van der Waals surface area (Å²) in [5.41, 5.74) is 0.968. The maximum atomic E-state index is 5.92. The second-order valence-corrected chi connectivity index (χ2v) is 6.22. The molecular formula is C17H28N4O3. The first-order chi connectivity index (χ1) is 11.8. The number of nitrogens with zero attached hydrogens (tertiary/aromatic N) is 3. The van der Waals surface area contributed by atoms with Crippen LogP contribution in [0.5, 0.6) is 0 Å². The molecule has 2 fully saturated rings. The molecule has 7 heteroatoms. The van der Waals surface area contributed by atoms with Crippen LogP contribution in [0.25, 0.3) is 0 Å². The lowest BCUT2D eigenvalue weighted by Gasteiger charge is -2.37. The molecule has 0 radical (unpaired) electrons. The molecule has 0 bridgehead atoms. The highest BCUT2D eigenvalue weighted by molar-refractivity contribution is 5.80. The molecule has 2 aliphatic rings. The molecule has 1 aromatic heterocycles. The summed E-state index contributed by atoms with van der Waals surface area (Å²) < 4.78 is 17.0. The number of ether oxygens (including phenoxy) is 2. The fraction of sp³-hybridized carbons (Fsp3) is 0.765. The Kier molecular flexibility index (Phi) is 6.09. The van der Waals surface area contributed by atoms with Crippen LogP contribution >= 0.6 is 0 Å². The lowest BCUT2D eigenvalue weighted by molar-refractivity contribution is -0.0817. The van der Waals surface area contributed by atoms with Crippen molar-refractivity contribution in [3.63, 3.8) is 0 Å². The van der Waals surface area contributed by atoms with Gasteiger partial charge in [-0.05, 0) is 26.2 Å². The van der Waals surface area contributed by atoms with Crippen molar-refractivity contribution in [3.05, 3.63) is 17.5 Å². The fourth-order valence-corrected chi connectivity index (χ4v) is 3.16. The Bertz CT molecular complexity index is 540. The molecule has 1 N–H and O–H groups in total. The van der Waals surface area contributed by atoms with Gasteiger partial charge >= 0.3 is 0 Å². The lowest BCUT2D eigenvalue weighted by Crippen LogP contribution is -2.53. The topological polar surface area (TPSA) is 72.1 Å². The van der Waals surface area contributed by atoms with Crippen LogP contribution in [0.1, 0.15) is 38.1 Å². The van der Waals surface area contributed by atoms with Crippen LogP contribution in [0.4, 0.5) is 0 Å². The Morgan fingerprint density at radius 2 is 2.21 bits per heavy atom. The minimum Gasteiger partial charge on any atom is -0.375 e. The van der Waals surface area contributed by atoms with Crippen LogP contribution in [0.3, 0.4) is 0 Å². The first kappa shape index (κ1) is 17.2. The second-order valence-electron chi connectivity index (χ2n) is 6.22. The lowest BCUT2D eigenvalue weighted by atomic mass is 10.1. The third kappa shape index (κ3) is 4.27. The third-order valence-corrected chi connectivity index (χ3v) is 4.46. The zero-order valence-corrected chi connectivity index (χ0v) is 14.7. The number of hydrogen-bond donors (Lipinski definition) is 1. The summed E-state index contributed by atoms with van der Waals surface area (Å²) in [6.07, 6.45) is 3.44. The minimum absolute atomic E-state index is 0.127. The number of hydrogen-bond acceptors (Lipinski definition) is 5. The summed E-state index contributed by atoms with van der Waals surface area (Å²) in [5, 5.41) is 7.39. The van der Waals surface area contributed by atoms with Crippen LogP contribution < -0.4 is 5.32 Å². The van der Waals surface area contributed by atoms with E-state index in [0.29, 0.717) is 13.2 Å². The Labute approximate surface area is 143 Å². The van der Waals surface area contributed by atoms with E-state index < -0.39 is 0 Å². The Morgan fingerprint density at radius 3 is 2.92 bits per heavy atom. The summed E-state index contributed by atoms with van der Waals surface area (Å²) in [4.78, 5) is 6.98. The molecule has 0 spiro atoms. The number of guanidine groups is 1. The quantitative estimate of drug-likeness (QED) is 0.650. The summed E-state index contributed by atoms with van der Waals surface area (Å²) in [6, 6.07) is 1.97. The molecule has 0 amide bonds. The van der Waals surface area contributed by atoms with Crippen LogP contribution in [-0.4, -0.2) is 61.1 Å². The third-order valence-electron chi connectivity index (χ3n) is 4.46. The predicted molar refractivity (Wildman–Crippen MR) is 91.0 cm³/mol. The Balaban J connectivity index is 1.63. The van der Waals surface area contributed by atoms with Crippen LogP contribution in [0.15, 0.2) is 15.6 Å². The van der Waals surface area contributed by atoms with Crippen molar-refractivity contribution in [2.45, 2.75) is 51.9 Å². The maximum Gasteiger partial charge on any atom is 0.194 e. The van der Waals surface area contributed by atoms with E-state index in [0.717, 1.165) is 62.9 Å². The Hall–Kier alpha value is -1.60. The van der Waals surface area contributed by atoms with Gasteiger partial charge in [0.05, 0.1) is 18.4 Å². The number of rotatable bonds is 5. The van der Waals surface area contributed by atoms with E-state index in [1.165, 1.54) is 0 Å². The van der Waals surface area contributed by atoms with E-state index in [2.05, 4.69) is 29.2 Å². The van der Waals surface area contributed by atoms with Gasteiger partial charge in [0.15, 0.2) is 11.7 Å². The molecule has 3 heterocycles. The second kappa shape index (κ2) is 8.48. The van der Waals surface area contributed by atoms with Gasteiger partial charge in [-0.25, -0.2) is 4.99 Å². The molecule has 3 rings (SSSR count). The molecule has 2 aliphatic heterocycles. The molecule has 0 aromatic carbocycles. The highest BCUT2D eigenvalue weighted by Crippen LogP contribution is 2.21. The van der Waals surface area contributed by atoms with Gasteiger partial charge in [0.1, 0.15) is 12.6 Å². The van der Waals surface area contributed by atoms with Crippen LogP contribution in [0, 0.1) is 0 Å². The number of morpholine rings is 1. The Morgan fingerprint density at radius 1 is 1.33 bits per heavy atom. The summed E-state index contributed by atoms with van der Waals surface area (Å²) in [6.45, 7) is 8.68.